The van der Waals surface area contributed by atoms with E-state index in [1.54, 1.807) is 24.3 Å². The van der Waals surface area contributed by atoms with Crippen LogP contribution in [0.4, 0.5) is 0 Å². The molecule has 0 aliphatic heterocycles. The third kappa shape index (κ3) is 3.73. The number of halogens is 1. The molecule has 0 saturated heterocycles. The number of carbonyl (C=O) groups excluding carboxylic acids is 1. The Morgan fingerprint density at radius 1 is 1.37 bits per heavy atom. The Bertz CT molecular complexity index is 444. The van der Waals surface area contributed by atoms with Crippen LogP contribution in [-0.2, 0) is 4.74 Å². The van der Waals surface area contributed by atoms with Crippen molar-refractivity contribution in [2.75, 3.05) is 6.61 Å². The minimum absolute atomic E-state index is 0.279. The minimum atomic E-state index is -0.279. The van der Waals surface area contributed by atoms with Gasteiger partial charge in [0.05, 0.1) is 12.2 Å². The van der Waals surface area contributed by atoms with Gasteiger partial charge in [0.1, 0.15) is 0 Å². The normalized spacial score (nSPS) is 25.1. The molecule has 1 aliphatic rings. The van der Waals surface area contributed by atoms with Crippen LogP contribution in [-0.4, -0.2) is 12.6 Å². The van der Waals surface area contributed by atoms with Gasteiger partial charge < -0.3 is 4.74 Å². The number of hydrogen-bond acceptors (Lipinski definition) is 2. The third-order valence-electron chi connectivity index (χ3n) is 4.21. The Morgan fingerprint density at radius 2 is 2.16 bits per heavy atom. The van der Waals surface area contributed by atoms with Gasteiger partial charge in [-0.2, -0.15) is 0 Å². The summed E-state index contributed by atoms with van der Waals surface area (Å²) in [7, 11) is 0. The molecule has 1 aromatic rings. The number of rotatable bonds is 6. The molecule has 2 rings (SSSR count). The van der Waals surface area contributed by atoms with Crippen molar-refractivity contribution in [3.8, 4) is 0 Å². The summed E-state index contributed by atoms with van der Waals surface area (Å²) in [6, 6.07) is 6.87. The lowest BCUT2D eigenvalue weighted by molar-refractivity contribution is 0.0496. The molecule has 1 aliphatic carbocycles. The molecule has 1 aromatic carbocycles. The minimum Gasteiger partial charge on any atom is -0.462 e. The highest BCUT2D eigenvalue weighted by atomic mass is 35.5. The Hall–Kier alpha value is -1.02. The molecular formula is C16H21ClO2. The fourth-order valence-electron chi connectivity index (χ4n) is 2.97. The Balaban J connectivity index is 1.67. The smallest absolute Gasteiger partial charge is 0.338 e. The first-order chi connectivity index (χ1) is 9.13. The number of hydrogen-bond donors (Lipinski definition) is 0. The quantitative estimate of drug-likeness (QED) is 0.564. The monoisotopic (exact) mass is 280 g/mol. The first-order valence-corrected chi connectivity index (χ1v) is 7.44. The van der Waals surface area contributed by atoms with Gasteiger partial charge in [-0.15, -0.1) is 0 Å². The van der Waals surface area contributed by atoms with Gasteiger partial charge in [0, 0.05) is 5.02 Å². The first kappa shape index (κ1) is 14.4. The second-order valence-corrected chi connectivity index (χ2v) is 5.82. The predicted octanol–water partition coefficient (Wildman–Crippen LogP) is 4.57. The van der Waals surface area contributed by atoms with Gasteiger partial charge >= 0.3 is 5.97 Å². The van der Waals surface area contributed by atoms with Crippen molar-refractivity contribution in [2.24, 2.45) is 17.8 Å². The van der Waals surface area contributed by atoms with E-state index < -0.39 is 0 Å². The average Bonchev–Trinajstić information content (AvgIpc) is 3.03. The van der Waals surface area contributed by atoms with Crippen molar-refractivity contribution >= 4 is 17.6 Å². The molecule has 0 aromatic heterocycles. The van der Waals surface area contributed by atoms with Gasteiger partial charge in [-0.25, -0.2) is 4.79 Å². The fraction of sp³-hybridized carbons (Fsp3) is 0.562. The Kier molecular flexibility index (Phi) is 4.87. The topological polar surface area (TPSA) is 26.3 Å². The molecule has 2 nitrogen and oxygen atoms in total. The van der Waals surface area contributed by atoms with E-state index >= 15 is 0 Å². The highest BCUT2D eigenvalue weighted by Gasteiger charge is 2.43. The molecular weight excluding hydrogens is 260 g/mol. The lowest BCUT2D eigenvalue weighted by atomic mass is 10.1. The van der Waals surface area contributed by atoms with Crippen LogP contribution in [0, 0.1) is 17.8 Å². The van der Waals surface area contributed by atoms with E-state index in [1.165, 1.54) is 12.8 Å². The van der Waals surface area contributed by atoms with Crippen molar-refractivity contribution in [3.05, 3.63) is 34.9 Å². The van der Waals surface area contributed by atoms with E-state index in [4.69, 9.17) is 16.3 Å². The van der Waals surface area contributed by atoms with E-state index in [1.807, 2.05) is 0 Å². The zero-order valence-corrected chi connectivity index (χ0v) is 12.3. The van der Waals surface area contributed by atoms with Crippen molar-refractivity contribution in [3.63, 3.8) is 0 Å². The summed E-state index contributed by atoms with van der Waals surface area (Å²) in [4.78, 5) is 11.8. The molecule has 3 atom stereocenters. The van der Waals surface area contributed by atoms with Crippen molar-refractivity contribution in [1.29, 1.82) is 0 Å². The molecule has 104 valence electrons. The molecule has 3 unspecified atom stereocenters. The number of benzene rings is 1. The predicted molar refractivity (Wildman–Crippen MR) is 77.4 cm³/mol. The second-order valence-electron chi connectivity index (χ2n) is 5.38. The van der Waals surface area contributed by atoms with E-state index in [0.29, 0.717) is 17.2 Å². The summed E-state index contributed by atoms with van der Waals surface area (Å²) < 4.78 is 5.27. The van der Waals surface area contributed by atoms with E-state index in [2.05, 4.69) is 13.8 Å². The third-order valence-corrected chi connectivity index (χ3v) is 4.44. The molecule has 3 heteroatoms. The molecule has 1 saturated carbocycles. The Morgan fingerprint density at radius 3 is 2.79 bits per heavy atom. The van der Waals surface area contributed by atoms with Gasteiger partial charge in [0.25, 0.3) is 0 Å². The van der Waals surface area contributed by atoms with Gasteiger partial charge in [0.15, 0.2) is 0 Å². The van der Waals surface area contributed by atoms with Crippen molar-refractivity contribution in [2.45, 2.75) is 33.1 Å². The fourth-order valence-corrected chi connectivity index (χ4v) is 3.16. The summed E-state index contributed by atoms with van der Waals surface area (Å²) in [6.45, 7) is 5.07. The van der Waals surface area contributed by atoms with Gasteiger partial charge in [-0.05, 0) is 48.8 Å². The maximum atomic E-state index is 11.8. The van der Waals surface area contributed by atoms with Crippen LogP contribution in [0.3, 0.4) is 0 Å². The van der Waals surface area contributed by atoms with Crippen molar-refractivity contribution in [1.82, 2.24) is 0 Å². The van der Waals surface area contributed by atoms with Crippen LogP contribution in [0.5, 0.6) is 0 Å². The molecule has 19 heavy (non-hydrogen) atoms. The van der Waals surface area contributed by atoms with Crippen molar-refractivity contribution < 1.29 is 9.53 Å². The maximum Gasteiger partial charge on any atom is 0.338 e. The zero-order valence-electron chi connectivity index (χ0n) is 11.6. The number of esters is 1. The molecule has 0 amide bonds. The van der Waals surface area contributed by atoms with Gasteiger partial charge in [0.2, 0.25) is 0 Å². The first-order valence-electron chi connectivity index (χ1n) is 7.06. The maximum absolute atomic E-state index is 11.8. The second kappa shape index (κ2) is 6.42. The molecule has 0 spiro atoms. The molecule has 0 N–H and O–H groups in total. The summed E-state index contributed by atoms with van der Waals surface area (Å²) in [5.74, 6) is 2.31. The molecule has 0 heterocycles. The van der Waals surface area contributed by atoms with Crippen LogP contribution < -0.4 is 0 Å². The lowest BCUT2D eigenvalue weighted by Gasteiger charge is -2.05. The average molecular weight is 281 g/mol. The van der Waals surface area contributed by atoms with E-state index in [0.717, 1.165) is 24.2 Å². The van der Waals surface area contributed by atoms with Crippen LogP contribution >= 0.6 is 11.6 Å². The van der Waals surface area contributed by atoms with Gasteiger partial charge in [-0.3, -0.25) is 0 Å². The Labute approximate surface area is 120 Å². The van der Waals surface area contributed by atoms with Crippen LogP contribution in [0.15, 0.2) is 24.3 Å². The standard InChI is InChI=1S/C16H21ClO2/c1-3-14-11(2)15(14)8-5-9-19-16(18)12-6-4-7-13(17)10-12/h4,6-7,10-11,14-15H,3,5,8-9H2,1-2H3. The zero-order chi connectivity index (χ0) is 13.8. The highest BCUT2D eigenvalue weighted by molar-refractivity contribution is 6.30. The molecule has 0 bridgehead atoms. The van der Waals surface area contributed by atoms with E-state index in [-0.39, 0.29) is 5.97 Å². The molecule has 1 fully saturated rings. The van der Waals surface area contributed by atoms with Gasteiger partial charge in [-0.1, -0.05) is 37.9 Å². The molecule has 0 radical (unpaired) electrons. The summed E-state index contributed by atoms with van der Waals surface area (Å²) >= 11 is 5.84. The summed E-state index contributed by atoms with van der Waals surface area (Å²) in [5.41, 5.74) is 0.527. The van der Waals surface area contributed by atoms with E-state index in [9.17, 15) is 4.79 Å². The number of ether oxygens (including phenoxy) is 1. The largest absolute Gasteiger partial charge is 0.462 e. The van der Waals surface area contributed by atoms with Crippen LogP contribution in [0.25, 0.3) is 0 Å². The highest BCUT2D eigenvalue weighted by Crippen LogP contribution is 2.50. The summed E-state index contributed by atoms with van der Waals surface area (Å²) in [5, 5.41) is 0.562. The summed E-state index contributed by atoms with van der Waals surface area (Å²) in [6.07, 6.45) is 3.40. The number of carbonyl (C=O) groups is 1. The van der Waals surface area contributed by atoms with Crippen LogP contribution in [0.2, 0.25) is 5.02 Å². The SMILES string of the molecule is CCC1C(C)C1CCCOC(=O)c1cccc(Cl)c1. The lowest BCUT2D eigenvalue weighted by Crippen LogP contribution is -2.06. The van der Waals surface area contributed by atoms with Crippen LogP contribution in [0.1, 0.15) is 43.5 Å².